The number of hydrogen-bond donors (Lipinski definition) is 1. The minimum Gasteiger partial charge on any atom is -0.475 e. The molecule has 0 radical (unpaired) electrons. The Morgan fingerprint density at radius 3 is 2.60 bits per heavy atom. The monoisotopic (exact) mass is 291 g/mol. The van der Waals surface area contributed by atoms with Crippen molar-refractivity contribution in [1.29, 1.82) is 0 Å². The van der Waals surface area contributed by atoms with Crippen molar-refractivity contribution in [2.45, 2.75) is 0 Å². The summed E-state index contributed by atoms with van der Waals surface area (Å²) < 4.78 is 11.4. The second kappa shape index (κ2) is 5.16. The molecule has 0 saturated carbocycles. The lowest BCUT2D eigenvalue weighted by Gasteiger charge is -2.28. The highest BCUT2D eigenvalue weighted by molar-refractivity contribution is 7.85. The van der Waals surface area contributed by atoms with Crippen molar-refractivity contribution in [1.82, 2.24) is 9.97 Å². The minimum absolute atomic E-state index is 0.203. The van der Waals surface area contributed by atoms with Crippen LogP contribution in [0.5, 0.6) is 0 Å². The van der Waals surface area contributed by atoms with Crippen molar-refractivity contribution in [2.75, 3.05) is 29.5 Å². The first kappa shape index (κ1) is 13.0. The fourth-order valence-corrected chi connectivity index (χ4v) is 3.30. The molecule has 1 aliphatic rings. The van der Waals surface area contributed by atoms with Gasteiger partial charge >= 0.3 is 5.97 Å². The van der Waals surface area contributed by atoms with E-state index in [2.05, 4.69) is 9.97 Å². The molecule has 6 nitrogen and oxygen atoms in total. The summed E-state index contributed by atoms with van der Waals surface area (Å²) in [6.45, 7) is 1.24. The predicted molar refractivity (Wildman–Crippen MR) is 76.6 cm³/mol. The zero-order valence-electron chi connectivity index (χ0n) is 10.7. The third-order valence-electron chi connectivity index (χ3n) is 3.25. The molecule has 1 fully saturated rings. The lowest BCUT2D eigenvalue weighted by atomic mass is 10.2. The Balaban J connectivity index is 2.12. The average molecular weight is 291 g/mol. The normalized spacial score (nSPS) is 16.5. The number of benzene rings is 1. The highest BCUT2D eigenvalue weighted by Gasteiger charge is 2.21. The van der Waals surface area contributed by atoms with E-state index in [4.69, 9.17) is 5.11 Å². The minimum atomic E-state index is -1.14. The van der Waals surface area contributed by atoms with Gasteiger partial charge in [0.25, 0.3) is 0 Å². The molecule has 0 unspecified atom stereocenters. The molecule has 0 aliphatic carbocycles. The van der Waals surface area contributed by atoms with Crippen molar-refractivity contribution in [3.63, 3.8) is 0 Å². The van der Waals surface area contributed by atoms with Crippen LogP contribution in [0.1, 0.15) is 10.6 Å². The van der Waals surface area contributed by atoms with Crippen LogP contribution in [0.25, 0.3) is 10.9 Å². The Morgan fingerprint density at radius 2 is 1.90 bits per heavy atom. The molecule has 1 saturated heterocycles. The van der Waals surface area contributed by atoms with Gasteiger partial charge in [0.2, 0.25) is 5.82 Å². The Kier molecular flexibility index (Phi) is 3.35. The maximum atomic E-state index is 11.4. The van der Waals surface area contributed by atoms with Gasteiger partial charge in [-0.25, -0.2) is 14.8 Å². The van der Waals surface area contributed by atoms with E-state index in [1.165, 1.54) is 0 Å². The zero-order valence-corrected chi connectivity index (χ0v) is 11.5. The quantitative estimate of drug-likeness (QED) is 0.885. The molecule has 0 bridgehead atoms. The SMILES string of the molecule is O=C(O)c1nc(N2CCS(=O)CC2)c2ccccc2n1. The van der Waals surface area contributed by atoms with Gasteiger partial charge in [-0.2, -0.15) is 0 Å². The summed E-state index contributed by atoms with van der Waals surface area (Å²) in [7, 11) is -0.784. The van der Waals surface area contributed by atoms with Gasteiger partial charge in [0.15, 0.2) is 0 Å². The summed E-state index contributed by atoms with van der Waals surface area (Å²) in [6.07, 6.45) is 0. The first-order valence-corrected chi connectivity index (χ1v) is 7.74. The summed E-state index contributed by atoms with van der Waals surface area (Å²) in [6, 6.07) is 7.34. The number of aromatic carboxylic acids is 1. The van der Waals surface area contributed by atoms with Crippen molar-refractivity contribution < 1.29 is 14.1 Å². The summed E-state index contributed by atoms with van der Waals surface area (Å²) >= 11 is 0. The van der Waals surface area contributed by atoms with Gasteiger partial charge in [-0.15, -0.1) is 0 Å². The molecule has 3 rings (SSSR count). The Bertz CT molecular complexity index is 694. The van der Waals surface area contributed by atoms with Crippen molar-refractivity contribution in [3.8, 4) is 0 Å². The van der Waals surface area contributed by atoms with Crippen LogP contribution in [0.3, 0.4) is 0 Å². The van der Waals surface area contributed by atoms with Crippen LogP contribution in [-0.4, -0.2) is 49.8 Å². The third kappa shape index (κ3) is 2.36. The van der Waals surface area contributed by atoms with Crippen LogP contribution in [0, 0.1) is 0 Å². The molecule has 2 aromatic rings. The predicted octanol–water partition coefficient (Wildman–Crippen LogP) is 0.897. The number of para-hydroxylation sites is 1. The van der Waals surface area contributed by atoms with Gasteiger partial charge in [0.1, 0.15) is 5.82 Å². The number of hydrogen-bond acceptors (Lipinski definition) is 5. The van der Waals surface area contributed by atoms with Crippen molar-refractivity contribution in [3.05, 3.63) is 30.1 Å². The lowest BCUT2D eigenvalue weighted by molar-refractivity contribution is 0.0684. The van der Waals surface area contributed by atoms with E-state index in [0.29, 0.717) is 35.9 Å². The molecule has 1 aliphatic heterocycles. The summed E-state index contributed by atoms with van der Waals surface area (Å²) in [5, 5.41) is 9.94. The van der Waals surface area contributed by atoms with Gasteiger partial charge in [-0.1, -0.05) is 12.1 Å². The van der Waals surface area contributed by atoms with E-state index >= 15 is 0 Å². The fraction of sp³-hybridized carbons (Fsp3) is 0.308. The van der Waals surface area contributed by atoms with E-state index in [-0.39, 0.29) is 5.82 Å². The largest absolute Gasteiger partial charge is 0.475 e. The second-order valence-corrected chi connectivity index (χ2v) is 6.22. The van der Waals surface area contributed by atoms with Crippen LogP contribution in [0.15, 0.2) is 24.3 Å². The molecule has 20 heavy (non-hydrogen) atoms. The zero-order chi connectivity index (χ0) is 14.1. The molecular formula is C13H13N3O3S. The van der Waals surface area contributed by atoms with E-state index in [0.717, 1.165) is 5.39 Å². The van der Waals surface area contributed by atoms with Crippen LogP contribution < -0.4 is 4.90 Å². The van der Waals surface area contributed by atoms with Crippen LogP contribution in [0.4, 0.5) is 5.82 Å². The Hall–Kier alpha value is -2.02. The second-order valence-electron chi connectivity index (χ2n) is 4.53. The fourth-order valence-electron chi connectivity index (χ4n) is 2.25. The van der Waals surface area contributed by atoms with Crippen molar-refractivity contribution >= 4 is 33.5 Å². The number of carbonyl (C=O) groups is 1. The standard InChI is InChI=1S/C13H13N3O3S/c17-13(18)11-14-10-4-2-1-3-9(10)12(15-11)16-5-7-20(19)8-6-16/h1-4H,5-8H2,(H,17,18). The molecule has 0 amide bonds. The molecule has 2 heterocycles. The van der Waals surface area contributed by atoms with Gasteiger partial charge in [0, 0.05) is 40.8 Å². The number of carboxylic acid groups (broad SMARTS) is 1. The highest BCUT2D eigenvalue weighted by atomic mass is 32.2. The molecule has 104 valence electrons. The van der Waals surface area contributed by atoms with E-state index in [1.807, 2.05) is 23.1 Å². The number of nitrogens with zero attached hydrogens (tertiary/aromatic N) is 3. The van der Waals surface area contributed by atoms with Crippen molar-refractivity contribution in [2.24, 2.45) is 0 Å². The van der Waals surface area contributed by atoms with E-state index in [1.54, 1.807) is 6.07 Å². The summed E-state index contributed by atoms with van der Waals surface area (Å²) in [4.78, 5) is 21.3. The number of fused-ring (bicyclic) bond motifs is 1. The molecule has 0 spiro atoms. The average Bonchev–Trinajstić information content (AvgIpc) is 2.47. The summed E-state index contributed by atoms with van der Waals surface area (Å²) in [5.74, 6) is 0.439. The van der Waals surface area contributed by atoms with Crippen LogP contribution in [-0.2, 0) is 10.8 Å². The van der Waals surface area contributed by atoms with Gasteiger partial charge in [-0.05, 0) is 12.1 Å². The lowest BCUT2D eigenvalue weighted by Crippen LogP contribution is -2.38. The van der Waals surface area contributed by atoms with Gasteiger partial charge < -0.3 is 10.0 Å². The van der Waals surface area contributed by atoms with Gasteiger partial charge in [-0.3, -0.25) is 4.21 Å². The van der Waals surface area contributed by atoms with Crippen LogP contribution >= 0.6 is 0 Å². The number of carboxylic acids is 1. The number of rotatable bonds is 2. The van der Waals surface area contributed by atoms with E-state index in [9.17, 15) is 9.00 Å². The topological polar surface area (TPSA) is 83.4 Å². The third-order valence-corrected chi connectivity index (χ3v) is 4.53. The number of aromatic nitrogens is 2. The molecule has 0 atom stereocenters. The maximum Gasteiger partial charge on any atom is 0.374 e. The molecule has 1 aromatic heterocycles. The Labute approximate surface area is 117 Å². The first-order valence-electron chi connectivity index (χ1n) is 6.25. The first-order chi connectivity index (χ1) is 9.65. The Morgan fingerprint density at radius 1 is 1.20 bits per heavy atom. The number of anilines is 1. The van der Waals surface area contributed by atoms with Crippen LogP contribution in [0.2, 0.25) is 0 Å². The summed E-state index contributed by atoms with van der Waals surface area (Å²) in [5.41, 5.74) is 0.613. The molecule has 1 aromatic carbocycles. The molecule has 1 N–H and O–H groups in total. The van der Waals surface area contributed by atoms with Gasteiger partial charge in [0.05, 0.1) is 5.52 Å². The highest BCUT2D eigenvalue weighted by Crippen LogP contribution is 2.24. The smallest absolute Gasteiger partial charge is 0.374 e. The maximum absolute atomic E-state index is 11.4. The molecule has 7 heteroatoms. The van der Waals surface area contributed by atoms with E-state index < -0.39 is 16.8 Å². The molecular weight excluding hydrogens is 278 g/mol.